The van der Waals surface area contributed by atoms with Gasteiger partial charge in [0.05, 0.1) is 0 Å². The Morgan fingerprint density at radius 1 is 1.47 bits per heavy atom. The molecule has 1 saturated heterocycles. The number of carbonyl (C=O) groups excluding carboxylic acids is 1. The topological polar surface area (TPSA) is 49.8 Å². The molecule has 0 aromatic carbocycles. The summed E-state index contributed by atoms with van der Waals surface area (Å²) in [5.41, 5.74) is -0.630. The van der Waals surface area contributed by atoms with Crippen molar-refractivity contribution in [2.24, 2.45) is 5.92 Å². The molecule has 1 amide bonds. The lowest BCUT2D eigenvalue weighted by Gasteiger charge is -2.25. The highest BCUT2D eigenvalue weighted by Gasteiger charge is 2.44. The molecule has 6 heteroatoms. The van der Waals surface area contributed by atoms with E-state index >= 15 is 0 Å². The predicted octanol–water partition coefficient (Wildman–Crippen LogP) is 1.87. The summed E-state index contributed by atoms with van der Waals surface area (Å²) in [6.07, 6.45) is -0.388. The van der Waals surface area contributed by atoms with E-state index in [1.807, 2.05) is 0 Å². The molecular weight excluding hydrogens is 232 g/mol. The second kappa shape index (κ2) is 4.76. The van der Waals surface area contributed by atoms with Crippen LogP contribution in [0.25, 0.3) is 0 Å². The average Bonchev–Trinajstić information content (AvgIpc) is 2.64. The highest BCUT2D eigenvalue weighted by atomic mass is 19.3. The average molecular weight is 251 g/mol. The first-order valence-electron chi connectivity index (χ1n) is 5.62. The van der Waals surface area contributed by atoms with Crippen LogP contribution in [0, 0.1) is 5.92 Å². The van der Waals surface area contributed by atoms with Crippen LogP contribution >= 0.6 is 0 Å². The van der Waals surface area contributed by atoms with Crippen molar-refractivity contribution in [2.45, 2.75) is 38.7 Å². The Hall–Kier alpha value is -0.910. The van der Waals surface area contributed by atoms with Crippen LogP contribution in [0.2, 0.25) is 0 Å². The van der Waals surface area contributed by atoms with Crippen molar-refractivity contribution in [1.29, 1.82) is 0 Å². The van der Waals surface area contributed by atoms with Crippen LogP contribution in [-0.4, -0.2) is 47.3 Å². The Morgan fingerprint density at radius 3 is 2.53 bits per heavy atom. The van der Waals surface area contributed by atoms with Gasteiger partial charge in [0.1, 0.15) is 12.2 Å². The molecule has 1 N–H and O–H groups in total. The molecule has 1 atom stereocenters. The number of carbonyl (C=O) groups is 1. The van der Waals surface area contributed by atoms with E-state index < -0.39 is 30.1 Å². The number of amides is 1. The fourth-order valence-corrected chi connectivity index (χ4v) is 1.73. The molecule has 1 fully saturated rings. The van der Waals surface area contributed by atoms with Crippen LogP contribution in [0.5, 0.6) is 0 Å². The zero-order valence-electron chi connectivity index (χ0n) is 10.4. The normalized spacial score (nSPS) is 21.8. The minimum absolute atomic E-state index is 0.0670. The van der Waals surface area contributed by atoms with Crippen LogP contribution in [0.4, 0.5) is 13.6 Å². The lowest BCUT2D eigenvalue weighted by Crippen LogP contribution is -2.38. The zero-order chi connectivity index (χ0) is 13.3. The molecule has 1 unspecified atom stereocenters. The smallest absolute Gasteiger partial charge is 0.410 e. The van der Waals surface area contributed by atoms with Crippen molar-refractivity contribution in [3.8, 4) is 0 Å². The fraction of sp³-hybridized carbons (Fsp3) is 0.909. The van der Waals surface area contributed by atoms with E-state index in [1.165, 1.54) is 4.90 Å². The number of nitrogens with zero attached hydrogens (tertiary/aromatic N) is 1. The lowest BCUT2D eigenvalue weighted by molar-refractivity contribution is -0.0936. The van der Waals surface area contributed by atoms with Crippen molar-refractivity contribution < 1.29 is 23.4 Å². The van der Waals surface area contributed by atoms with E-state index in [2.05, 4.69) is 0 Å². The number of hydrogen-bond donors (Lipinski definition) is 1. The maximum atomic E-state index is 13.2. The van der Waals surface area contributed by atoms with E-state index in [4.69, 9.17) is 9.84 Å². The third-order valence-electron chi connectivity index (χ3n) is 2.65. The van der Waals surface area contributed by atoms with Crippen LogP contribution in [0.15, 0.2) is 0 Å². The highest BCUT2D eigenvalue weighted by Crippen LogP contribution is 2.32. The molecule has 0 aromatic heterocycles. The number of ether oxygens (including phenoxy) is 1. The molecule has 1 heterocycles. The van der Waals surface area contributed by atoms with Gasteiger partial charge in [-0.15, -0.1) is 0 Å². The van der Waals surface area contributed by atoms with Gasteiger partial charge in [0.25, 0.3) is 5.92 Å². The minimum Gasteiger partial charge on any atom is -0.444 e. The van der Waals surface area contributed by atoms with Gasteiger partial charge < -0.3 is 14.7 Å². The molecule has 0 spiro atoms. The van der Waals surface area contributed by atoms with Crippen molar-refractivity contribution in [2.75, 3.05) is 19.7 Å². The molecule has 0 radical (unpaired) electrons. The summed E-state index contributed by atoms with van der Waals surface area (Å²) in [6, 6.07) is 0. The van der Waals surface area contributed by atoms with Crippen LogP contribution in [-0.2, 0) is 4.74 Å². The van der Waals surface area contributed by atoms with Gasteiger partial charge in [0.15, 0.2) is 0 Å². The van der Waals surface area contributed by atoms with E-state index in [1.54, 1.807) is 20.8 Å². The van der Waals surface area contributed by atoms with Crippen LogP contribution in [0.3, 0.4) is 0 Å². The summed E-state index contributed by atoms with van der Waals surface area (Å²) in [4.78, 5) is 12.9. The minimum atomic E-state index is -3.13. The van der Waals surface area contributed by atoms with Gasteiger partial charge in [0, 0.05) is 19.0 Å². The molecule has 0 aromatic rings. The van der Waals surface area contributed by atoms with E-state index in [0.717, 1.165) is 0 Å². The molecule has 1 aliphatic rings. The number of rotatable bonds is 2. The summed E-state index contributed by atoms with van der Waals surface area (Å²) >= 11 is 0. The molecular formula is C11H19F2NO3. The Bertz CT molecular complexity index is 289. The second-order valence-electron chi connectivity index (χ2n) is 5.33. The van der Waals surface area contributed by atoms with Gasteiger partial charge in [-0.3, -0.25) is 0 Å². The largest absolute Gasteiger partial charge is 0.444 e. The lowest BCUT2D eigenvalue weighted by atomic mass is 10.0. The quantitative estimate of drug-likeness (QED) is 0.815. The Balaban J connectivity index is 2.54. The summed E-state index contributed by atoms with van der Waals surface area (Å²) in [5, 5.41) is 8.58. The predicted molar refractivity (Wildman–Crippen MR) is 57.9 cm³/mol. The Labute approximate surface area is 99.5 Å². The molecule has 0 bridgehead atoms. The molecule has 1 aliphatic heterocycles. The van der Waals surface area contributed by atoms with Crippen molar-refractivity contribution in [3.63, 3.8) is 0 Å². The van der Waals surface area contributed by atoms with Gasteiger partial charge in [-0.1, -0.05) is 0 Å². The summed E-state index contributed by atoms with van der Waals surface area (Å²) in [7, 11) is 0. The molecule has 0 saturated carbocycles. The molecule has 0 aliphatic carbocycles. The van der Waals surface area contributed by atoms with E-state index in [0.29, 0.717) is 0 Å². The second-order valence-corrected chi connectivity index (χ2v) is 5.33. The van der Waals surface area contributed by atoms with Crippen molar-refractivity contribution >= 4 is 6.09 Å². The third-order valence-corrected chi connectivity index (χ3v) is 2.65. The number of aliphatic hydroxyl groups is 1. The zero-order valence-corrected chi connectivity index (χ0v) is 10.4. The van der Waals surface area contributed by atoms with Crippen LogP contribution < -0.4 is 0 Å². The summed E-state index contributed by atoms with van der Waals surface area (Å²) in [5.74, 6) is -4.11. The number of alkyl halides is 2. The standard InChI is InChI=1S/C11H19F2NO3/c1-10(2,3)17-9(16)14-5-4-8(6-14)11(12,13)7-15/h8,15H,4-7H2,1-3H3. The van der Waals surface area contributed by atoms with E-state index in [9.17, 15) is 13.6 Å². The van der Waals surface area contributed by atoms with E-state index in [-0.39, 0.29) is 19.5 Å². The van der Waals surface area contributed by atoms with Gasteiger partial charge in [0.2, 0.25) is 0 Å². The van der Waals surface area contributed by atoms with Gasteiger partial charge in [-0.25, -0.2) is 13.6 Å². The summed E-state index contributed by atoms with van der Waals surface area (Å²) < 4.78 is 31.5. The van der Waals surface area contributed by atoms with Gasteiger partial charge >= 0.3 is 6.09 Å². The SMILES string of the molecule is CC(C)(C)OC(=O)N1CCC(C(F)(F)CO)C1. The third kappa shape index (κ3) is 3.80. The molecule has 17 heavy (non-hydrogen) atoms. The Morgan fingerprint density at radius 2 is 2.06 bits per heavy atom. The van der Waals surface area contributed by atoms with Crippen LogP contribution in [0.1, 0.15) is 27.2 Å². The number of hydrogen-bond acceptors (Lipinski definition) is 3. The first-order chi connectivity index (χ1) is 7.65. The van der Waals surface area contributed by atoms with Gasteiger partial charge in [-0.05, 0) is 27.2 Å². The maximum absolute atomic E-state index is 13.2. The monoisotopic (exact) mass is 251 g/mol. The summed E-state index contributed by atoms with van der Waals surface area (Å²) in [6.45, 7) is 4.17. The molecule has 4 nitrogen and oxygen atoms in total. The first-order valence-corrected chi connectivity index (χ1v) is 5.62. The maximum Gasteiger partial charge on any atom is 0.410 e. The molecule has 1 rings (SSSR count). The number of likely N-dealkylation sites (tertiary alicyclic amines) is 1. The number of aliphatic hydroxyl groups excluding tert-OH is 1. The number of halogens is 2. The first kappa shape index (κ1) is 14.2. The van der Waals surface area contributed by atoms with Crippen molar-refractivity contribution in [3.05, 3.63) is 0 Å². The Kier molecular flexibility index (Phi) is 3.96. The van der Waals surface area contributed by atoms with Crippen molar-refractivity contribution in [1.82, 2.24) is 4.90 Å². The highest BCUT2D eigenvalue weighted by molar-refractivity contribution is 5.68. The van der Waals surface area contributed by atoms with Gasteiger partial charge in [-0.2, -0.15) is 0 Å². The fourth-order valence-electron chi connectivity index (χ4n) is 1.73. The molecule has 100 valence electrons.